The van der Waals surface area contributed by atoms with Crippen LogP contribution in [0.15, 0.2) is 23.4 Å². The molecule has 0 radical (unpaired) electrons. The van der Waals surface area contributed by atoms with Crippen LogP contribution in [0.4, 0.5) is 8.78 Å². The van der Waals surface area contributed by atoms with E-state index in [1.807, 2.05) is 0 Å². The van der Waals surface area contributed by atoms with Gasteiger partial charge in [0.1, 0.15) is 11.6 Å². The van der Waals surface area contributed by atoms with Crippen molar-refractivity contribution >= 4 is 6.21 Å². The fraction of sp³-hybridized carbons (Fsp3) is 0.222. The summed E-state index contributed by atoms with van der Waals surface area (Å²) < 4.78 is 26.3. The minimum absolute atomic E-state index is 0.0417. The average molecular weight is 183 g/mol. The molecule has 1 aliphatic rings. The van der Waals surface area contributed by atoms with Gasteiger partial charge >= 0.3 is 0 Å². The lowest BCUT2D eigenvalue weighted by molar-refractivity contribution is 0.0800. The van der Waals surface area contributed by atoms with E-state index >= 15 is 0 Å². The Morgan fingerprint density at radius 3 is 2.54 bits per heavy atom. The van der Waals surface area contributed by atoms with Crippen LogP contribution in [0.25, 0.3) is 0 Å². The predicted octanol–water partition coefficient (Wildman–Crippen LogP) is 2.41. The SMILES string of the molecule is Fc1cccc(F)c1[C@H]1CC=NO1. The average Bonchev–Trinajstić information content (AvgIpc) is 2.57. The Balaban J connectivity index is 2.38. The van der Waals surface area contributed by atoms with Crippen molar-refractivity contribution in [1.29, 1.82) is 0 Å². The normalized spacial score (nSPS) is 20.3. The van der Waals surface area contributed by atoms with Crippen LogP contribution in [-0.2, 0) is 4.84 Å². The summed E-state index contributed by atoms with van der Waals surface area (Å²) in [6.45, 7) is 0. The Hall–Kier alpha value is -1.45. The van der Waals surface area contributed by atoms with Gasteiger partial charge in [0, 0.05) is 12.6 Å². The maximum Gasteiger partial charge on any atom is 0.163 e. The second kappa shape index (κ2) is 3.12. The van der Waals surface area contributed by atoms with Gasteiger partial charge in [0.25, 0.3) is 0 Å². The lowest BCUT2D eigenvalue weighted by Gasteiger charge is -2.09. The summed E-state index contributed by atoms with van der Waals surface area (Å²) in [4.78, 5) is 4.79. The zero-order valence-electron chi connectivity index (χ0n) is 6.71. The fourth-order valence-electron chi connectivity index (χ4n) is 1.29. The number of nitrogens with zero attached hydrogens (tertiary/aromatic N) is 1. The highest BCUT2D eigenvalue weighted by Crippen LogP contribution is 2.28. The third-order valence-corrected chi connectivity index (χ3v) is 1.90. The highest BCUT2D eigenvalue weighted by atomic mass is 19.1. The van der Waals surface area contributed by atoms with Gasteiger partial charge < -0.3 is 4.84 Å². The number of rotatable bonds is 1. The van der Waals surface area contributed by atoms with Crippen molar-refractivity contribution in [2.24, 2.45) is 5.16 Å². The van der Waals surface area contributed by atoms with Gasteiger partial charge in [-0.2, -0.15) is 0 Å². The van der Waals surface area contributed by atoms with Gasteiger partial charge in [0.15, 0.2) is 6.10 Å². The van der Waals surface area contributed by atoms with Crippen LogP contribution in [0.5, 0.6) is 0 Å². The molecule has 68 valence electrons. The summed E-state index contributed by atoms with van der Waals surface area (Å²) in [5.41, 5.74) is -0.0417. The quantitative estimate of drug-likeness (QED) is 0.655. The summed E-state index contributed by atoms with van der Waals surface area (Å²) in [7, 11) is 0. The first kappa shape index (κ1) is 8.16. The van der Waals surface area contributed by atoms with Crippen molar-refractivity contribution in [2.45, 2.75) is 12.5 Å². The van der Waals surface area contributed by atoms with E-state index in [0.29, 0.717) is 6.42 Å². The summed E-state index contributed by atoms with van der Waals surface area (Å²) in [5, 5.41) is 3.47. The first-order chi connectivity index (χ1) is 6.29. The van der Waals surface area contributed by atoms with Crippen molar-refractivity contribution in [2.75, 3.05) is 0 Å². The van der Waals surface area contributed by atoms with Crippen LogP contribution >= 0.6 is 0 Å². The maximum absolute atomic E-state index is 13.1. The Kier molecular flexibility index (Phi) is 1.96. The molecular formula is C9H7F2NO. The Morgan fingerprint density at radius 1 is 1.31 bits per heavy atom. The summed E-state index contributed by atoms with van der Waals surface area (Å²) in [6.07, 6.45) is 1.30. The van der Waals surface area contributed by atoms with E-state index in [1.165, 1.54) is 24.4 Å². The van der Waals surface area contributed by atoms with E-state index in [4.69, 9.17) is 4.84 Å². The van der Waals surface area contributed by atoms with E-state index < -0.39 is 17.7 Å². The van der Waals surface area contributed by atoms with Gasteiger partial charge in [0.05, 0.1) is 5.56 Å². The third-order valence-electron chi connectivity index (χ3n) is 1.90. The number of hydrogen-bond donors (Lipinski definition) is 0. The summed E-state index contributed by atoms with van der Waals surface area (Å²) in [5.74, 6) is -1.17. The summed E-state index contributed by atoms with van der Waals surface area (Å²) in [6, 6.07) is 3.74. The van der Waals surface area contributed by atoms with Crippen LogP contribution in [0.1, 0.15) is 18.1 Å². The predicted molar refractivity (Wildman–Crippen MR) is 43.3 cm³/mol. The molecule has 0 amide bonds. The monoisotopic (exact) mass is 183 g/mol. The molecule has 4 heteroatoms. The highest BCUT2D eigenvalue weighted by Gasteiger charge is 2.23. The van der Waals surface area contributed by atoms with Crippen molar-refractivity contribution < 1.29 is 13.6 Å². The molecule has 1 atom stereocenters. The van der Waals surface area contributed by atoms with Crippen molar-refractivity contribution in [3.05, 3.63) is 35.4 Å². The molecule has 0 spiro atoms. The molecule has 1 aromatic rings. The molecule has 1 aromatic carbocycles. The lowest BCUT2D eigenvalue weighted by atomic mass is 10.1. The topological polar surface area (TPSA) is 21.6 Å². The van der Waals surface area contributed by atoms with E-state index in [9.17, 15) is 8.78 Å². The minimum atomic E-state index is -0.610. The van der Waals surface area contributed by atoms with Gasteiger partial charge in [-0.25, -0.2) is 8.78 Å². The van der Waals surface area contributed by atoms with E-state index in [1.54, 1.807) is 0 Å². The van der Waals surface area contributed by atoms with E-state index in [2.05, 4.69) is 5.16 Å². The van der Waals surface area contributed by atoms with Crippen molar-refractivity contribution in [3.63, 3.8) is 0 Å². The van der Waals surface area contributed by atoms with Crippen LogP contribution in [0.3, 0.4) is 0 Å². The van der Waals surface area contributed by atoms with Crippen LogP contribution < -0.4 is 0 Å². The second-order valence-corrected chi connectivity index (χ2v) is 2.75. The zero-order valence-corrected chi connectivity index (χ0v) is 6.71. The van der Waals surface area contributed by atoms with Crippen LogP contribution in [0.2, 0.25) is 0 Å². The lowest BCUT2D eigenvalue weighted by Crippen LogP contribution is -2.02. The molecule has 0 saturated carbocycles. The number of hydrogen-bond acceptors (Lipinski definition) is 2. The zero-order chi connectivity index (χ0) is 9.26. The largest absolute Gasteiger partial charge is 0.387 e. The Bertz CT molecular complexity index is 323. The Morgan fingerprint density at radius 2 is 2.00 bits per heavy atom. The molecule has 0 aromatic heterocycles. The molecule has 2 nitrogen and oxygen atoms in total. The van der Waals surface area contributed by atoms with Gasteiger partial charge in [-0.15, -0.1) is 0 Å². The van der Waals surface area contributed by atoms with Gasteiger partial charge in [-0.05, 0) is 12.1 Å². The molecule has 0 saturated heterocycles. The molecule has 0 bridgehead atoms. The highest BCUT2D eigenvalue weighted by molar-refractivity contribution is 5.59. The number of benzene rings is 1. The van der Waals surface area contributed by atoms with Crippen molar-refractivity contribution in [1.82, 2.24) is 0 Å². The molecule has 0 N–H and O–H groups in total. The van der Waals surface area contributed by atoms with Gasteiger partial charge in [-0.1, -0.05) is 11.2 Å². The summed E-state index contributed by atoms with van der Waals surface area (Å²) >= 11 is 0. The molecule has 13 heavy (non-hydrogen) atoms. The van der Waals surface area contributed by atoms with Gasteiger partial charge in [0.2, 0.25) is 0 Å². The molecule has 0 fully saturated rings. The number of halogens is 2. The van der Waals surface area contributed by atoms with E-state index in [0.717, 1.165) is 0 Å². The Labute approximate surface area is 73.8 Å². The van der Waals surface area contributed by atoms with Gasteiger partial charge in [-0.3, -0.25) is 0 Å². The van der Waals surface area contributed by atoms with Crippen LogP contribution in [0, 0.1) is 11.6 Å². The maximum atomic E-state index is 13.1. The first-order valence-corrected chi connectivity index (χ1v) is 3.90. The van der Waals surface area contributed by atoms with Crippen LogP contribution in [-0.4, -0.2) is 6.21 Å². The minimum Gasteiger partial charge on any atom is -0.387 e. The smallest absolute Gasteiger partial charge is 0.163 e. The van der Waals surface area contributed by atoms with Crippen molar-refractivity contribution in [3.8, 4) is 0 Å². The fourth-order valence-corrected chi connectivity index (χ4v) is 1.29. The molecular weight excluding hydrogens is 176 g/mol. The molecule has 2 rings (SSSR count). The standard InChI is InChI=1S/C9H7F2NO/c10-6-2-1-3-7(11)9(6)8-4-5-12-13-8/h1-3,5,8H,4H2/t8-/m1/s1. The van der Waals surface area contributed by atoms with E-state index in [-0.39, 0.29) is 5.56 Å². The molecule has 0 aliphatic carbocycles. The molecule has 0 unspecified atom stereocenters. The molecule has 1 aliphatic heterocycles. The third kappa shape index (κ3) is 1.39. The second-order valence-electron chi connectivity index (χ2n) is 2.75. The number of oxime groups is 1. The molecule has 1 heterocycles. The first-order valence-electron chi connectivity index (χ1n) is 3.90.